The molecular weight excluding hydrogens is 335 g/mol. The number of halogens is 1. The summed E-state index contributed by atoms with van der Waals surface area (Å²) in [6, 6.07) is 6.44. The summed E-state index contributed by atoms with van der Waals surface area (Å²) in [5.41, 5.74) is 1.68. The van der Waals surface area contributed by atoms with Gasteiger partial charge in [-0.25, -0.2) is 4.39 Å². The van der Waals surface area contributed by atoms with Gasteiger partial charge in [0.2, 0.25) is 0 Å². The van der Waals surface area contributed by atoms with Gasteiger partial charge in [0.15, 0.2) is 5.78 Å². The molecule has 1 atom stereocenters. The van der Waals surface area contributed by atoms with Crippen molar-refractivity contribution in [3.63, 3.8) is 0 Å². The first-order valence-corrected chi connectivity index (χ1v) is 8.99. The lowest BCUT2D eigenvalue weighted by Gasteiger charge is -2.41. The molecule has 5 nitrogen and oxygen atoms in total. The number of ketones is 1. The second-order valence-corrected chi connectivity index (χ2v) is 7.00. The van der Waals surface area contributed by atoms with Crippen molar-refractivity contribution < 1.29 is 18.4 Å². The zero-order chi connectivity index (χ0) is 18.3. The number of aryl methyl sites for hydroxylation is 1. The zero-order valence-corrected chi connectivity index (χ0v) is 14.7. The first-order chi connectivity index (χ1) is 12.5. The lowest BCUT2D eigenvalue weighted by molar-refractivity contribution is 0.0669. The largest absolute Gasteiger partial charge is 0.468 e. The number of nitrogens with zero attached hydrogens (tertiary/aromatic N) is 2. The van der Waals surface area contributed by atoms with Gasteiger partial charge in [0.1, 0.15) is 17.8 Å². The molecule has 0 saturated carbocycles. The van der Waals surface area contributed by atoms with E-state index >= 15 is 0 Å². The second-order valence-electron chi connectivity index (χ2n) is 7.00. The van der Waals surface area contributed by atoms with Gasteiger partial charge in [-0.15, -0.1) is 0 Å². The average Bonchev–Trinajstić information content (AvgIpc) is 3.06. The highest BCUT2D eigenvalue weighted by Crippen LogP contribution is 2.28. The molecule has 1 unspecified atom stereocenters. The van der Waals surface area contributed by atoms with E-state index < -0.39 is 0 Å². The Labute approximate surface area is 151 Å². The van der Waals surface area contributed by atoms with E-state index in [9.17, 15) is 14.0 Å². The molecule has 1 aliphatic heterocycles. The SMILES string of the molecule is CC1CN(c2cccc(F)c2)CCN1C(=O)c1coc2c1C(=O)CCC2. The van der Waals surface area contributed by atoms with E-state index in [1.165, 1.54) is 18.4 Å². The van der Waals surface area contributed by atoms with Crippen molar-refractivity contribution in [2.75, 3.05) is 24.5 Å². The molecule has 2 heterocycles. The molecule has 26 heavy (non-hydrogen) atoms. The van der Waals surface area contributed by atoms with Crippen molar-refractivity contribution in [3.05, 3.63) is 53.2 Å². The number of amides is 1. The van der Waals surface area contributed by atoms with Gasteiger partial charge < -0.3 is 14.2 Å². The topological polar surface area (TPSA) is 53.8 Å². The molecule has 1 aromatic heterocycles. The molecular formula is C20H21FN2O3. The number of rotatable bonds is 2. The van der Waals surface area contributed by atoms with Gasteiger partial charge in [0.05, 0.1) is 11.1 Å². The van der Waals surface area contributed by atoms with Crippen molar-refractivity contribution in [2.24, 2.45) is 0 Å². The third-order valence-corrected chi connectivity index (χ3v) is 5.25. The van der Waals surface area contributed by atoms with Gasteiger partial charge in [-0.1, -0.05) is 6.07 Å². The Kier molecular flexibility index (Phi) is 4.26. The Hall–Kier alpha value is -2.63. The molecule has 136 valence electrons. The molecule has 4 rings (SSSR count). The lowest BCUT2D eigenvalue weighted by atomic mass is 9.93. The Morgan fingerprint density at radius 2 is 2.12 bits per heavy atom. The van der Waals surface area contributed by atoms with Gasteiger partial charge in [0.25, 0.3) is 5.91 Å². The summed E-state index contributed by atoms with van der Waals surface area (Å²) < 4.78 is 19.0. The van der Waals surface area contributed by atoms with Crippen LogP contribution in [0.5, 0.6) is 0 Å². The molecule has 2 aromatic rings. The predicted octanol–water partition coefficient (Wildman–Crippen LogP) is 3.29. The van der Waals surface area contributed by atoms with Gasteiger partial charge in [0, 0.05) is 44.2 Å². The monoisotopic (exact) mass is 356 g/mol. The van der Waals surface area contributed by atoms with Crippen molar-refractivity contribution >= 4 is 17.4 Å². The quantitative estimate of drug-likeness (QED) is 0.829. The van der Waals surface area contributed by atoms with E-state index in [4.69, 9.17) is 4.42 Å². The van der Waals surface area contributed by atoms with Crippen LogP contribution >= 0.6 is 0 Å². The molecule has 0 radical (unpaired) electrons. The molecule has 0 N–H and O–H groups in total. The number of hydrogen-bond donors (Lipinski definition) is 0. The number of piperazine rings is 1. The maximum Gasteiger partial charge on any atom is 0.258 e. The lowest BCUT2D eigenvalue weighted by Crippen LogP contribution is -2.54. The fourth-order valence-corrected chi connectivity index (χ4v) is 3.90. The second kappa shape index (κ2) is 6.59. The van der Waals surface area contributed by atoms with Crippen LogP contribution in [0.4, 0.5) is 10.1 Å². The van der Waals surface area contributed by atoms with Crippen LogP contribution < -0.4 is 4.90 Å². The highest BCUT2D eigenvalue weighted by atomic mass is 19.1. The van der Waals surface area contributed by atoms with Crippen molar-refractivity contribution in [3.8, 4) is 0 Å². The first kappa shape index (κ1) is 16.8. The van der Waals surface area contributed by atoms with Crippen LogP contribution in [0.2, 0.25) is 0 Å². The minimum atomic E-state index is -0.266. The van der Waals surface area contributed by atoms with Gasteiger partial charge >= 0.3 is 0 Å². The molecule has 2 aliphatic rings. The average molecular weight is 356 g/mol. The maximum absolute atomic E-state index is 13.5. The number of furan rings is 1. The van der Waals surface area contributed by atoms with Gasteiger partial charge in [-0.05, 0) is 31.5 Å². The zero-order valence-electron chi connectivity index (χ0n) is 14.7. The highest BCUT2D eigenvalue weighted by molar-refractivity contribution is 6.09. The van der Waals surface area contributed by atoms with Crippen LogP contribution in [0.1, 0.15) is 46.2 Å². The molecule has 1 saturated heterocycles. The van der Waals surface area contributed by atoms with Gasteiger partial charge in [-0.3, -0.25) is 9.59 Å². The number of carbonyl (C=O) groups is 2. The number of anilines is 1. The normalized spacial score (nSPS) is 20.2. The summed E-state index contributed by atoms with van der Waals surface area (Å²) in [4.78, 5) is 29.1. The molecule has 1 amide bonds. The van der Waals surface area contributed by atoms with Crippen LogP contribution in [0.3, 0.4) is 0 Å². The molecule has 0 bridgehead atoms. The standard InChI is InChI=1S/C20H21FN2O3/c1-13-11-22(15-5-2-4-14(21)10-15)8-9-23(13)20(25)16-12-26-18-7-3-6-17(24)19(16)18/h2,4-5,10,12-13H,3,6-9,11H2,1H3. The summed E-state index contributed by atoms with van der Waals surface area (Å²) in [5.74, 6) is 0.207. The smallest absolute Gasteiger partial charge is 0.258 e. The number of hydrogen-bond acceptors (Lipinski definition) is 4. The van der Waals surface area contributed by atoms with Crippen LogP contribution in [-0.4, -0.2) is 42.3 Å². The molecule has 1 fully saturated rings. The van der Waals surface area contributed by atoms with Crippen molar-refractivity contribution in [1.29, 1.82) is 0 Å². The summed E-state index contributed by atoms with van der Waals surface area (Å²) in [5, 5.41) is 0. The number of carbonyl (C=O) groups excluding carboxylic acids is 2. The third-order valence-electron chi connectivity index (χ3n) is 5.25. The first-order valence-electron chi connectivity index (χ1n) is 8.99. The van der Waals surface area contributed by atoms with E-state index in [2.05, 4.69) is 4.90 Å². The summed E-state index contributed by atoms with van der Waals surface area (Å²) in [6.45, 7) is 3.72. The Morgan fingerprint density at radius 3 is 2.88 bits per heavy atom. The summed E-state index contributed by atoms with van der Waals surface area (Å²) in [7, 11) is 0. The van der Waals surface area contributed by atoms with E-state index in [1.54, 1.807) is 11.0 Å². The van der Waals surface area contributed by atoms with E-state index in [-0.39, 0.29) is 23.5 Å². The molecule has 1 aromatic carbocycles. The van der Waals surface area contributed by atoms with Crippen molar-refractivity contribution in [2.45, 2.75) is 32.2 Å². The fraction of sp³-hybridized carbons (Fsp3) is 0.400. The van der Waals surface area contributed by atoms with Crippen LogP contribution in [0, 0.1) is 5.82 Å². The minimum absolute atomic E-state index is 0.00519. The predicted molar refractivity (Wildman–Crippen MR) is 95.1 cm³/mol. The molecule has 1 aliphatic carbocycles. The fourth-order valence-electron chi connectivity index (χ4n) is 3.90. The Balaban J connectivity index is 1.52. The number of fused-ring (bicyclic) bond motifs is 1. The van der Waals surface area contributed by atoms with Crippen LogP contribution in [0.25, 0.3) is 0 Å². The highest BCUT2D eigenvalue weighted by Gasteiger charge is 2.34. The Bertz CT molecular complexity index is 860. The van der Waals surface area contributed by atoms with Crippen LogP contribution in [0.15, 0.2) is 34.9 Å². The van der Waals surface area contributed by atoms with E-state index in [0.717, 1.165) is 12.1 Å². The van der Waals surface area contributed by atoms with E-state index in [0.29, 0.717) is 49.4 Å². The van der Waals surface area contributed by atoms with E-state index in [1.807, 2.05) is 13.0 Å². The van der Waals surface area contributed by atoms with Crippen LogP contribution in [-0.2, 0) is 6.42 Å². The number of Topliss-reactive ketones (excluding diaryl/α,β-unsaturated/α-hetero) is 1. The maximum atomic E-state index is 13.5. The summed E-state index contributed by atoms with van der Waals surface area (Å²) in [6.07, 6.45) is 3.38. The summed E-state index contributed by atoms with van der Waals surface area (Å²) >= 11 is 0. The minimum Gasteiger partial charge on any atom is -0.468 e. The molecule has 6 heteroatoms. The Morgan fingerprint density at radius 1 is 1.27 bits per heavy atom. The number of benzene rings is 1. The van der Waals surface area contributed by atoms with Crippen molar-refractivity contribution in [1.82, 2.24) is 4.90 Å². The molecule has 0 spiro atoms. The van der Waals surface area contributed by atoms with Gasteiger partial charge in [-0.2, -0.15) is 0 Å². The third kappa shape index (κ3) is 2.89.